The SMILES string of the molecule is COc1ccc(-c2nc3scc(CCNC(=O)c4ccc(F)c(F)c4)n3n2)cc1OC. The fourth-order valence-corrected chi connectivity index (χ4v) is 3.89. The molecule has 160 valence electrons. The normalized spacial score (nSPS) is 11.0. The van der Waals surface area contributed by atoms with Crippen molar-refractivity contribution in [2.24, 2.45) is 0 Å². The van der Waals surface area contributed by atoms with E-state index in [2.05, 4.69) is 15.4 Å². The predicted molar refractivity (Wildman–Crippen MR) is 112 cm³/mol. The van der Waals surface area contributed by atoms with E-state index in [4.69, 9.17) is 9.47 Å². The first-order chi connectivity index (χ1) is 15.0. The molecule has 0 spiro atoms. The molecular weight excluding hydrogens is 426 g/mol. The third-order valence-corrected chi connectivity index (χ3v) is 5.51. The highest BCUT2D eigenvalue weighted by molar-refractivity contribution is 7.15. The van der Waals surface area contributed by atoms with Gasteiger partial charge in [-0.25, -0.2) is 13.3 Å². The van der Waals surface area contributed by atoms with Gasteiger partial charge in [-0.3, -0.25) is 4.79 Å². The average Bonchev–Trinajstić information content (AvgIpc) is 3.36. The average molecular weight is 444 g/mol. The lowest BCUT2D eigenvalue weighted by Gasteiger charge is -2.07. The number of nitrogens with zero attached hydrogens (tertiary/aromatic N) is 3. The van der Waals surface area contributed by atoms with E-state index in [-0.39, 0.29) is 5.56 Å². The minimum atomic E-state index is -1.06. The van der Waals surface area contributed by atoms with Crippen LogP contribution in [0.25, 0.3) is 16.3 Å². The summed E-state index contributed by atoms with van der Waals surface area (Å²) in [6, 6.07) is 8.49. The van der Waals surface area contributed by atoms with E-state index in [0.717, 1.165) is 23.4 Å². The third kappa shape index (κ3) is 4.19. The van der Waals surface area contributed by atoms with Gasteiger partial charge in [0.1, 0.15) is 0 Å². The Balaban J connectivity index is 1.47. The highest BCUT2D eigenvalue weighted by Crippen LogP contribution is 2.31. The van der Waals surface area contributed by atoms with Crippen LogP contribution in [-0.2, 0) is 6.42 Å². The van der Waals surface area contributed by atoms with E-state index in [1.54, 1.807) is 30.9 Å². The molecule has 0 radical (unpaired) electrons. The fourth-order valence-electron chi connectivity index (χ4n) is 3.04. The number of ether oxygens (including phenoxy) is 2. The van der Waals surface area contributed by atoms with Gasteiger partial charge in [0.25, 0.3) is 5.91 Å². The van der Waals surface area contributed by atoms with Crippen molar-refractivity contribution in [1.82, 2.24) is 19.9 Å². The third-order valence-electron chi connectivity index (χ3n) is 4.64. The fraction of sp³-hybridized carbons (Fsp3) is 0.190. The van der Waals surface area contributed by atoms with Gasteiger partial charge < -0.3 is 14.8 Å². The number of carbonyl (C=O) groups is 1. The molecule has 0 aliphatic heterocycles. The predicted octanol–water partition coefficient (Wildman–Crippen LogP) is 3.73. The van der Waals surface area contributed by atoms with Gasteiger partial charge in [0.15, 0.2) is 29.0 Å². The Hall–Kier alpha value is -3.53. The summed E-state index contributed by atoms with van der Waals surface area (Å²) in [6.45, 7) is 0.301. The molecule has 0 fully saturated rings. The molecule has 0 aliphatic carbocycles. The highest BCUT2D eigenvalue weighted by Gasteiger charge is 2.15. The van der Waals surface area contributed by atoms with Gasteiger partial charge in [0.05, 0.1) is 19.9 Å². The Morgan fingerprint density at radius 3 is 2.65 bits per heavy atom. The summed E-state index contributed by atoms with van der Waals surface area (Å²) in [5.74, 6) is -0.788. The van der Waals surface area contributed by atoms with Gasteiger partial charge in [-0.2, -0.15) is 4.98 Å². The largest absolute Gasteiger partial charge is 0.493 e. The molecule has 4 aromatic rings. The lowest BCUT2D eigenvalue weighted by atomic mass is 10.2. The number of hydrogen-bond acceptors (Lipinski definition) is 6. The van der Waals surface area contributed by atoms with Crippen LogP contribution < -0.4 is 14.8 Å². The van der Waals surface area contributed by atoms with Crippen LogP contribution in [0.5, 0.6) is 11.5 Å². The maximum absolute atomic E-state index is 13.3. The molecule has 0 aliphatic rings. The maximum Gasteiger partial charge on any atom is 0.251 e. The van der Waals surface area contributed by atoms with E-state index in [1.807, 2.05) is 11.4 Å². The maximum atomic E-state index is 13.3. The molecule has 10 heteroatoms. The second-order valence-electron chi connectivity index (χ2n) is 6.56. The van der Waals surface area contributed by atoms with Crippen LogP contribution in [0.3, 0.4) is 0 Å². The molecule has 0 unspecified atom stereocenters. The zero-order valence-electron chi connectivity index (χ0n) is 16.7. The number of amides is 1. The van der Waals surface area contributed by atoms with Gasteiger partial charge in [0.2, 0.25) is 4.96 Å². The molecule has 2 aromatic carbocycles. The topological polar surface area (TPSA) is 77.8 Å². The van der Waals surface area contributed by atoms with Gasteiger partial charge in [-0.15, -0.1) is 16.4 Å². The molecule has 2 heterocycles. The minimum Gasteiger partial charge on any atom is -0.493 e. The zero-order valence-corrected chi connectivity index (χ0v) is 17.5. The summed E-state index contributed by atoms with van der Waals surface area (Å²) in [7, 11) is 3.13. The Kier molecular flexibility index (Phi) is 5.81. The molecule has 0 bridgehead atoms. The number of rotatable bonds is 7. The molecular formula is C21H18F2N4O3S. The van der Waals surface area contributed by atoms with Crippen LogP contribution in [0.1, 0.15) is 16.1 Å². The lowest BCUT2D eigenvalue weighted by Crippen LogP contribution is -2.26. The zero-order chi connectivity index (χ0) is 22.0. The number of aromatic nitrogens is 3. The molecule has 7 nitrogen and oxygen atoms in total. The monoisotopic (exact) mass is 444 g/mol. The first-order valence-corrected chi connectivity index (χ1v) is 10.2. The Morgan fingerprint density at radius 1 is 1.10 bits per heavy atom. The van der Waals surface area contributed by atoms with E-state index < -0.39 is 17.5 Å². The van der Waals surface area contributed by atoms with Crippen molar-refractivity contribution in [1.29, 1.82) is 0 Å². The Bertz CT molecular complexity index is 1250. The van der Waals surface area contributed by atoms with Crippen molar-refractivity contribution in [3.63, 3.8) is 0 Å². The van der Waals surface area contributed by atoms with Crippen molar-refractivity contribution in [3.8, 4) is 22.9 Å². The summed E-state index contributed by atoms with van der Waals surface area (Å²) in [6.07, 6.45) is 0.490. The number of carbonyl (C=O) groups excluding carboxylic acids is 1. The lowest BCUT2D eigenvalue weighted by molar-refractivity contribution is 0.0953. The summed E-state index contributed by atoms with van der Waals surface area (Å²) in [5.41, 5.74) is 1.71. The van der Waals surface area contributed by atoms with Gasteiger partial charge in [-0.1, -0.05) is 0 Å². The number of hydrogen-bond donors (Lipinski definition) is 1. The first-order valence-electron chi connectivity index (χ1n) is 9.29. The molecule has 1 amide bonds. The van der Waals surface area contributed by atoms with Crippen molar-refractivity contribution < 1.29 is 23.0 Å². The van der Waals surface area contributed by atoms with E-state index in [1.165, 1.54) is 17.4 Å². The van der Waals surface area contributed by atoms with Gasteiger partial charge in [-0.05, 0) is 36.4 Å². The number of fused-ring (bicyclic) bond motifs is 1. The van der Waals surface area contributed by atoms with Gasteiger partial charge in [0, 0.05) is 29.5 Å². The van der Waals surface area contributed by atoms with Crippen LogP contribution in [0.2, 0.25) is 0 Å². The number of nitrogens with one attached hydrogen (secondary N) is 1. The molecule has 0 atom stereocenters. The van der Waals surface area contributed by atoms with Crippen LogP contribution >= 0.6 is 11.3 Å². The molecule has 2 aromatic heterocycles. The van der Waals surface area contributed by atoms with E-state index in [0.29, 0.717) is 35.2 Å². The van der Waals surface area contributed by atoms with Crippen molar-refractivity contribution in [3.05, 3.63) is 64.7 Å². The van der Waals surface area contributed by atoms with Crippen LogP contribution in [-0.4, -0.2) is 41.3 Å². The molecule has 1 N–H and O–H groups in total. The van der Waals surface area contributed by atoms with Crippen molar-refractivity contribution >= 4 is 22.2 Å². The molecule has 0 saturated carbocycles. The first kappa shape index (κ1) is 20.7. The number of halogens is 2. The summed E-state index contributed by atoms with van der Waals surface area (Å²) >= 11 is 1.44. The van der Waals surface area contributed by atoms with Crippen LogP contribution in [0.15, 0.2) is 41.8 Å². The quantitative estimate of drug-likeness (QED) is 0.470. The second-order valence-corrected chi connectivity index (χ2v) is 7.40. The summed E-state index contributed by atoms with van der Waals surface area (Å²) < 4.78 is 38.6. The smallest absolute Gasteiger partial charge is 0.251 e. The number of benzene rings is 2. The Morgan fingerprint density at radius 2 is 1.90 bits per heavy atom. The number of thiazole rings is 1. The summed E-state index contributed by atoms with van der Waals surface area (Å²) in [4.78, 5) is 17.4. The highest BCUT2D eigenvalue weighted by atomic mass is 32.1. The molecule has 4 rings (SSSR count). The standard InChI is InChI=1S/C21H18F2N4O3S/c1-29-17-6-4-12(10-18(17)30-2)19-25-21-27(26-19)14(11-31-21)7-8-24-20(28)13-3-5-15(22)16(23)9-13/h3-6,9-11H,7-8H2,1-2H3,(H,24,28). The van der Waals surface area contributed by atoms with E-state index in [9.17, 15) is 13.6 Å². The van der Waals surface area contributed by atoms with Crippen LogP contribution in [0.4, 0.5) is 8.78 Å². The Labute approximate surface area is 180 Å². The van der Waals surface area contributed by atoms with Gasteiger partial charge >= 0.3 is 0 Å². The van der Waals surface area contributed by atoms with Crippen molar-refractivity contribution in [2.45, 2.75) is 6.42 Å². The van der Waals surface area contributed by atoms with Crippen molar-refractivity contribution in [2.75, 3.05) is 20.8 Å². The minimum absolute atomic E-state index is 0.0610. The summed E-state index contributed by atoms with van der Waals surface area (Å²) in [5, 5.41) is 9.18. The molecule has 31 heavy (non-hydrogen) atoms. The number of methoxy groups -OCH3 is 2. The molecule has 0 saturated heterocycles. The second kappa shape index (κ2) is 8.68. The van der Waals surface area contributed by atoms with Crippen LogP contribution in [0, 0.1) is 11.6 Å². The van der Waals surface area contributed by atoms with E-state index >= 15 is 0 Å².